The van der Waals surface area contributed by atoms with Crippen molar-refractivity contribution in [3.63, 3.8) is 0 Å². The van der Waals surface area contributed by atoms with E-state index in [-0.39, 0.29) is 12.5 Å². The number of carbonyl (C=O) groups is 1. The molecule has 0 aliphatic heterocycles. The van der Waals surface area contributed by atoms with Gasteiger partial charge in [0, 0.05) is 18.3 Å². The lowest BCUT2D eigenvalue weighted by Gasteiger charge is -2.09. The van der Waals surface area contributed by atoms with Crippen molar-refractivity contribution >= 4 is 17.5 Å². The van der Waals surface area contributed by atoms with Gasteiger partial charge in [0.15, 0.2) is 0 Å². The van der Waals surface area contributed by atoms with Crippen LogP contribution in [0.5, 0.6) is 0 Å². The van der Waals surface area contributed by atoms with E-state index in [1.54, 1.807) is 4.52 Å². The first kappa shape index (κ1) is 14.0. The average molecular weight is 296 g/mol. The fourth-order valence-corrected chi connectivity index (χ4v) is 2.09. The van der Waals surface area contributed by atoms with Crippen LogP contribution in [0.15, 0.2) is 42.7 Å². The van der Waals surface area contributed by atoms with Crippen LogP contribution in [0.4, 0.5) is 5.82 Å². The van der Waals surface area contributed by atoms with E-state index < -0.39 is 0 Å². The standard InChI is InChI=1S/C15H16N6O/c1-11-7-13(21-15(20-11)18-10-19-21)16-9-14(22)17-8-12-5-3-2-4-6-12/h2-7,10,16H,8-9H2,1H3,(H,17,22). The van der Waals surface area contributed by atoms with Crippen LogP contribution in [0.25, 0.3) is 5.78 Å². The van der Waals surface area contributed by atoms with Crippen LogP contribution in [-0.2, 0) is 11.3 Å². The number of nitrogens with zero attached hydrogens (tertiary/aromatic N) is 4. The highest BCUT2D eigenvalue weighted by molar-refractivity contribution is 5.80. The number of amides is 1. The van der Waals surface area contributed by atoms with Crippen LogP contribution in [-0.4, -0.2) is 32.0 Å². The highest BCUT2D eigenvalue weighted by Gasteiger charge is 2.07. The summed E-state index contributed by atoms with van der Waals surface area (Å²) < 4.78 is 1.57. The third-order valence-corrected chi connectivity index (χ3v) is 3.14. The van der Waals surface area contributed by atoms with Crippen LogP contribution in [0, 0.1) is 6.92 Å². The highest BCUT2D eigenvalue weighted by atomic mass is 16.1. The van der Waals surface area contributed by atoms with E-state index in [0.717, 1.165) is 11.3 Å². The minimum Gasteiger partial charge on any atom is -0.361 e. The maximum absolute atomic E-state index is 11.9. The Balaban J connectivity index is 1.59. The molecule has 0 radical (unpaired) electrons. The van der Waals surface area contributed by atoms with Crippen LogP contribution in [0.3, 0.4) is 0 Å². The second-order valence-electron chi connectivity index (χ2n) is 4.87. The van der Waals surface area contributed by atoms with Crippen molar-refractivity contribution in [1.82, 2.24) is 24.9 Å². The summed E-state index contributed by atoms with van der Waals surface area (Å²) in [6.45, 7) is 2.54. The first-order valence-electron chi connectivity index (χ1n) is 6.94. The van der Waals surface area contributed by atoms with Gasteiger partial charge in [-0.25, -0.2) is 4.98 Å². The van der Waals surface area contributed by atoms with Gasteiger partial charge in [0.1, 0.15) is 12.1 Å². The maximum Gasteiger partial charge on any atom is 0.254 e. The molecular weight excluding hydrogens is 280 g/mol. The zero-order chi connectivity index (χ0) is 15.4. The molecule has 0 saturated carbocycles. The maximum atomic E-state index is 11.9. The molecule has 0 saturated heterocycles. The fourth-order valence-electron chi connectivity index (χ4n) is 2.09. The van der Waals surface area contributed by atoms with Gasteiger partial charge >= 0.3 is 0 Å². The first-order chi connectivity index (χ1) is 10.7. The average Bonchev–Trinajstić information content (AvgIpc) is 3.00. The smallest absolute Gasteiger partial charge is 0.254 e. The molecule has 0 aliphatic carbocycles. The molecule has 7 nitrogen and oxygen atoms in total. The topological polar surface area (TPSA) is 84.2 Å². The lowest BCUT2D eigenvalue weighted by molar-refractivity contribution is -0.119. The van der Waals surface area contributed by atoms with Gasteiger partial charge in [-0.3, -0.25) is 4.79 Å². The Kier molecular flexibility index (Phi) is 3.95. The summed E-state index contributed by atoms with van der Waals surface area (Å²) in [6.07, 6.45) is 1.43. The minimum absolute atomic E-state index is 0.0911. The third kappa shape index (κ3) is 3.20. The zero-order valence-electron chi connectivity index (χ0n) is 12.2. The molecule has 2 N–H and O–H groups in total. The molecule has 1 aromatic carbocycles. The molecule has 112 valence electrons. The second kappa shape index (κ2) is 6.21. The van der Waals surface area contributed by atoms with E-state index in [4.69, 9.17) is 0 Å². The Morgan fingerprint density at radius 3 is 2.91 bits per heavy atom. The van der Waals surface area contributed by atoms with Gasteiger partial charge in [-0.05, 0) is 12.5 Å². The number of nitrogens with one attached hydrogen (secondary N) is 2. The number of hydrogen-bond donors (Lipinski definition) is 2. The van der Waals surface area contributed by atoms with Crippen LogP contribution < -0.4 is 10.6 Å². The Morgan fingerprint density at radius 1 is 1.27 bits per heavy atom. The molecule has 0 atom stereocenters. The Labute approximate surface area is 127 Å². The lowest BCUT2D eigenvalue weighted by Crippen LogP contribution is -2.29. The molecule has 0 bridgehead atoms. The predicted octanol–water partition coefficient (Wildman–Crippen LogP) is 1.16. The number of anilines is 1. The van der Waals surface area contributed by atoms with E-state index in [0.29, 0.717) is 18.1 Å². The van der Waals surface area contributed by atoms with E-state index in [2.05, 4.69) is 25.7 Å². The summed E-state index contributed by atoms with van der Waals surface area (Å²) >= 11 is 0. The second-order valence-corrected chi connectivity index (χ2v) is 4.87. The number of carbonyl (C=O) groups excluding carboxylic acids is 1. The first-order valence-corrected chi connectivity index (χ1v) is 6.94. The van der Waals surface area contributed by atoms with Crippen molar-refractivity contribution in [2.45, 2.75) is 13.5 Å². The quantitative estimate of drug-likeness (QED) is 0.738. The summed E-state index contributed by atoms with van der Waals surface area (Å²) in [5, 5.41) is 10.0. The van der Waals surface area contributed by atoms with Gasteiger partial charge in [-0.15, -0.1) is 0 Å². The Morgan fingerprint density at radius 2 is 2.09 bits per heavy atom. The summed E-state index contributed by atoms with van der Waals surface area (Å²) in [5.41, 5.74) is 1.88. The highest BCUT2D eigenvalue weighted by Crippen LogP contribution is 2.09. The van der Waals surface area contributed by atoms with E-state index in [1.165, 1.54) is 6.33 Å². The Bertz CT molecular complexity index is 783. The van der Waals surface area contributed by atoms with Gasteiger partial charge in [-0.2, -0.15) is 14.6 Å². The van der Waals surface area contributed by atoms with Crippen molar-refractivity contribution in [3.8, 4) is 0 Å². The molecule has 7 heteroatoms. The zero-order valence-corrected chi connectivity index (χ0v) is 12.2. The summed E-state index contributed by atoms with van der Waals surface area (Å²) in [6, 6.07) is 11.6. The monoisotopic (exact) mass is 296 g/mol. The van der Waals surface area contributed by atoms with E-state index in [1.807, 2.05) is 43.3 Å². The Hall–Kier alpha value is -2.96. The molecule has 0 spiro atoms. The van der Waals surface area contributed by atoms with Crippen molar-refractivity contribution in [2.75, 3.05) is 11.9 Å². The molecule has 3 rings (SSSR count). The number of aromatic nitrogens is 4. The van der Waals surface area contributed by atoms with Crippen molar-refractivity contribution < 1.29 is 4.79 Å². The molecule has 0 unspecified atom stereocenters. The van der Waals surface area contributed by atoms with E-state index in [9.17, 15) is 4.79 Å². The van der Waals surface area contributed by atoms with Crippen molar-refractivity contribution in [2.24, 2.45) is 0 Å². The summed E-state index contributed by atoms with van der Waals surface area (Å²) in [5.74, 6) is 1.11. The van der Waals surface area contributed by atoms with Crippen LogP contribution in [0.2, 0.25) is 0 Å². The van der Waals surface area contributed by atoms with Crippen LogP contribution >= 0.6 is 0 Å². The number of rotatable bonds is 5. The van der Waals surface area contributed by atoms with Gasteiger partial charge in [0.2, 0.25) is 5.91 Å². The van der Waals surface area contributed by atoms with E-state index >= 15 is 0 Å². The lowest BCUT2D eigenvalue weighted by atomic mass is 10.2. The summed E-state index contributed by atoms with van der Waals surface area (Å²) in [7, 11) is 0. The van der Waals surface area contributed by atoms with Crippen molar-refractivity contribution in [3.05, 3.63) is 54.0 Å². The normalized spacial score (nSPS) is 10.6. The SMILES string of the molecule is Cc1cc(NCC(=O)NCc2ccccc2)n2ncnc2n1. The number of aryl methyl sites for hydroxylation is 1. The third-order valence-electron chi connectivity index (χ3n) is 3.14. The van der Waals surface area contributed by atoms with Crippen molar-refractivity contribution in [1.29, 1.82) is 0 Å². The molecule has 0 aliphatic rings. The number of fused-ring (bicyclic) bond motifs is 1. The fraction of sp³-hybridized carbons (Fsp3) is 0.200. The van der Waals surface area contributed by atoms with Gasteiger partial charge in [0.05, 0.1) is 6.54 Å². The molecule has 22 heavy (non-hydrogen) atoms. The molecule has 2 aromatic heterocycles. The van der Waals surface area contributed by atoms with Gasteiger partial charge in [0.25, 0.3) is 5.78 Å². The molecule has 3 aromatic rings. The molecule has 2 heterocycles. The number of hydrogen-bond acceptors (Lipinski definition) is 5. The molecule has 0 fully saturated rings. The summed E-state index contributed by atoms with van der Waals surface area (Å²) in [4.78, 5) is 20.2. The molecule has 1 amide bonds. The molecular formula is C15H16N6O. The van der Waals surface area contributed by atoms with Crippen LogP contribution in [0.1, 0.15) is 11.3 Å². The number of benzene rings is 1. The van der Waals surface area contributed by atoms with Gasteiger partial charge < -0.3 is 10.6 Å². The largest absolute Gasteiger partial charge is 0.361 e. The predicted molar refractivity (Wildman–Crippen MR) is 82.3 cm³/mol. The minimum atomic E-state index is -0.0911. The van der Waals surface area contributed by atoms with Gasteiger partial charge in [-0.1, -0.05) is 30.3 Å².